The normalized spacial score (nSPS) is 10.8. The molecule has 0 aliphatic heterocycles. The van der Waals surface area contributed by atoms with Gasteiger partial charge in [0.25, 0.3) is 0 Å². The topological polar surface area (TPSA) is 51.3 Å². The summed E-state index contributed by atoms with van der Waals surface area (Å²) in [5.41, 5.74) is 5.83. The Morgan fingerprint density at radius 3 is 2.14 bits per heavy atom. The Balaban J connectivity index is 1.69. The van der Waals surface area contributed by atoms with Crippen LogP contribution in [0.4, 0.5) is 0 Å². The summed E-state index contributed by atoms with van der Waals surface area (Å²) in [6.07, 6.45) is 0. The van der Waals surface area contributed by atoms with Gasteiger partial charge >= 0.3 is 5.97 Å². The van der Waals surface area contributed by atoms with Crippen molar-refractivity contribution in [1.29, 1.82) is 0 Å². The van der Waals surface area contributed by atoms with Gasteiger partial charge in [-0.05, 0) is 70.8 Å². The fourth-order valence-electron chi connectivity index (χ4n) is 3.47. The summed E-state index contributed by atoms with van der Waals surface area (Å²) in [4.78, 5) is 15.1. The zero-order valence-electron chi connectivity index (χ0n) is 16.1. The lowest BCUT2D eigenvalue weighted by Crippen LogP contribution is -2.00. The second kappa shape index (κ2) is 7.24. The molecular weight excluding hydrogens is 350 g/mol. The van der Waals surface area contributed by atoms with E-state index in [0.717, 1.165) is 33.8 Å². The van der Waals surface area contributed by atoms with Gasteiger partial charge in [0.1, 0.15) is 5.75 Å². The zero-order valence-corrected chi connectivity index (χ0v) is 16.1. The van der Waals surface area contributed by atoms with E-state index in [-0.39, 0.29) is 5.97 Å². The minimum atomic E-state index is -0.333. The molecule has 28 heavy (non-hydrogen) atoms. The first kappa shape index (κ1) is 17.9. The summed E-state index contributed by atoms with van der Waals surface area (Å²) in [5.74, 6) is 0.559. The van der Waals surface area contributed by atoms with Gasteiger partial charge in [0.05, 0.1) is 19.8 Å². The summed E-state index contributed by atoms with van der Waals surface area (Å²) in [5, 5.41) is 2.36. The number of benzene rings is 3. The second-order valence-corrected chi connectivity index (χ2v) is 6.68. The Bertz CT molecular complexity index is 1160. The predicted molar refractivity (Wildman–Crippen MR) is 112 cm³/mol. The van der Waals surface area contributed by atoms with Crippen LogP contribution in [0.2, 0.25) is 0 Å². The smallest absolute Gasteiger partial charge is 0.337 e. The van der Waals surface area contributed by atoms with E-state index in [2.05, 4.69) is 42.2 Å². The number of hydrogen-bond acceptors (Lipinski definition) is 3. The number of aromatic nitrogens is 1. The van der Waals surface area contributed by atoms with Crippen LogP contribution in [0.1, 0.15) is 15.9 Å². The number of aromatic amines is 1. The summed E-state index contributed by atoms with van der Waals surface area (Å²) in [6.45, 7) is 2.08. The highest BCUT2D eigenvalue weighted by molar-refractivity contribution is 5.92. The molecular formula is C24H21NO3. The van der Waals surface area contributed by atoms with Gasteiger partial charge in [-0.3, -0.25) is 0 Å². The van der Waals surface area contributed by atoms with Gasteiger partial charge in [0.2, 0.25) is 0 Å². The van der Waals surface area contributed by atoms with E-state index in [1.165, 1.54) is 17.9 Å². The first-order valence-electron chi connectivity index (χ1n) is 9.06. The summed E-state index contributed by atoms with van der Waals surface area (Å²) >= 11 is 0. The minimum absolute atomic E-state index is 0.333. The molecule has 0 bridgehead atoms. The average Bonchev–Trinajstić information content (AvgIpc) is 3.24. The molecule has 0 spiro atoms. The van der Waals surface area contributed by atoms with Crippen LogP contribution in [0.3, 0.4) is 0 Å². The van der Waals surface area contributed by atoms with Crippen LogP contribution in [0.15, 0.2) is 66.7 Å². The summed E-state index contributed by atoms with van der Waals surface area (Å²) in [7, 11) is 3.08. The van der Waals surface area contributed by atoms with Crippen molar-refractivity contribution in [2.75, 3.05) is 14.2 Å². The van der Waals surface area contributed by atoms with E-state index in [4.69, 9.17) is 9.47 Å². The molecule has 0 fully saturated rings. The molecule has 0 atom stereocenters. The van der Waals surface area contributed by atoms with Crippen molar-refractivity contribution in [1.82, 2.24) is 4.98 Å². The molecule has 0 unspecified atom stereocenters. The van der Waals surface area contributed by atoms with Crippen molar-refractivity contribution < 1.29 is 14.3 Å². The Hall–Kier alpha value is -3.53. The highest BCUT2D eigenvalue weighted by Gasteiger charge is 2.09. The number of hydrogen-bond donors (Lipinski definition) is 1. The van der Waals surface area contributed by atoms with E-state index in [9.17, 15) is 4.79 Å². The number of methoxy groups -OCH3 is 2. The maximum Gasteiger partial charge on any atom is 0.337 e. The maximum atomic E-state index is 11.6. The Labute approximate surface area is 163 Å². The number of ether oxygens (including phenoxy) is 2. The molecule has 0 aliphatic rings. The number of rotatable bonds is 4. The number of fused-ring (bicyclic) bond motifs is 1. The van der Waals surface area contributed by atoms with E-state index >= 15 is 0 Å². The van der Waals surface area contributed by atoms with Crippen LogP contribution >= 0.6 is 0 Å². The van der Waals surface area contributed by atoms with Crippen molar-refractivity contribution in [3.8, 4) is 28.3 Å². The summed E-state index contributed by atoms with van der Waals surface area (Å²) < 4.78 is 10.2. The third-order valence-electron chi connectivity index (χ3n) is 5.08. The number of carbonyl (C=O) groups excluding carboxylic acids is 1. The average molecular weight is 371 g/mol. The lowest BCUT2D eigenvalue weighted by atomic mass is 10.0. The van der Waals surface area contributed by atoms with Crippen molar-refractivity contribution in [2.24, 2.45) is 0 Å². The lowest BCUT2D eigenvalue weighted by molar-refractivity contribution is 0.0601. The van der Waals surface area contributed by atoms with E-state index < -0.39 is 0 Å². The molecule has 0 radical (unpaired) electrons. The summed E-state index contributed by atoms with van der Waals surface area (Å²) in [6, 6.07) is 22.0. The van der Waals surface area contributed by atoms with Crippen LogP contribution in [-0.4, -0.2) is 25.2 Å². The third-order valence-corrected chi connectivity index (χ3v) is 5.08. The fraction of sp³-hybridized carbons (Fsp3) is 0.125. The molecule has 4 rings (SSSR count). The predicted octanol–water partition coefficient (Wildman–Crippen LogP) is 5.61. The van der Waals surface area contributed by atoms with Crippen LogP contribution in [0.5, 0.6) is 5.75 Å². The third kappa shape index (κ3) is 3.14. The lowest BCUT2D eigenvalue weighted by Gasteiger charge is -2.09. The molecule has 0 aliphatic carbocycles. The second-order valence-electron chi connectivity index (χ2n) is 6.68. The van der Waals surface area contributed by atoms with Gasteiger partial charge < -0.3 is 14.5 Å². The van der Waals surface area contributed by atoms with Crippen molar-refractivity contribution in [3.63, 3.8) is 0 Å². The molecule has 0 amide bonds. The van der Waals surface area contributed by atoms with Crippen molar-refractivity contribution >= 4 is 16.7 Å². The Morgan fingerprint density at radius 1 is 0.821 bits per heavy atom. The number of aryl methyl sites for hydroxylation is 1. The first-order valence-corrected chi connectivity index (χ1v) is 9.06. The SMILES string of the molecule is COC(=O)c1ccc(-c2ccc(-c3ccc4ccc(OC)c(C)c4c3)[nH]2)cc1. The fourth-order valence-corrected chi connectivity index (χ4v) is 3.47. The molecule has 1 aromatic heterocycles. The number of esters is 1. The van der Waals surface area contributed by atoms with Gasteiger partial charge in [-0.15, -0.1) is 0 Å². The standard InChI is InChI=1S/C24H21NO3/c1-15-20-14-19(9-4-16(20)10-13-23(15)27-2)22-12-11-21(25-22)17-5-7-18(8-6-17)24(26)28-3/h4-14,25H,1-3H3. The van der Waals surface area contributed by atoms with Crippen LogP contribution < -0.4 is 4.74 Å². The zero-order chi connectivity index (χ0) is 19.7. The first-order chi connectivity index (χ1) is 13.6. The van der Waals surface area contributed by atoms with Gasteiger partial charge in [-0.2, -0.15) is 0 Å². The Morgan fingerprint density at radius 2 is 1.46 bits per heavy atom. The molecule has 4 nitrogen and oxygen atoms in total. The maximum absolute atomic E-state index is 11.6. The van der Waals surface area contributed by atoms with Gasteiger partial charge in [0, 0.05) is 11.4 Å². The van der Waals surface area contributed by atoms with E-state index in [1.807, 2.05) is 24.3 Å². The van der Waals surface area contributed by atoms with Gasteiger partial charge in [-0.25, -0.2) is 4.79 Å². The van der Waals surface area contributed by atoms with E-state index in [1.54, 1.807) is 19.2 Å². The van der Waals surface area contributed by atoms with Crippen LogP contribution in [0, 0.1) is 6.92 Å². The highest BCUT2D eigenvalue weighted by atomic mass is 16.5. The van der Waals surface area contributed by atoms with E-state index in [0.29, 0.717) is 5.56 Å². The molecule has 3 aromatic carbocycles. The monoisotopic (exact) mass is 371 g/mol. The quantitative estimate of drug-likeness (QED) is 0.475. The number of carbonyl (C=O) groups is 1. The molecule has 1 heterocycles. The van der Waals surface area contributed by atoms with Gasteiger partial charge in [-0.1, -0.05) is 30.3 Å². The van der Waals surface area contributed by atoms with Crippen molar-refractivity contribution in [3.05, 3.63) is 77.9 Å². The van der Waals surface area contributed by atoms with Gasteiger partial charge in [0.15, 0.2) is 0 Å². The number of H-pyrrole nitrogens is 1. The molecule has 140 valence electrons. The largest absolute Gasteiger partial charge is 0.496 e. The molecule has 0 saturated carbocycles. The van der Waals surface area contributed by atoms with Crippen LogP contribution in [-0.2, 0) is 4.74 Å². The molecule has 4 aromatic rings. The molecule has 4 heteroatoms. The highest BCUT2D eigenvalue weighted by Crippen LogP contribution is 2.32. The minimum Gasteiger partial charge on any atom is -0.496 e. The molecule has 1 N–H and O–H groups in total. The van der Waals surface area contributed by atoms with Crippen LogP contribution in [0.25, 0.3) is 33.3 Å². The van der Waals surface area contributed by atoms with Crippen molar-refractivity contribution in [2.45, 2.75) is 6.92 Å². The number of nitrogens with one attached hydrogen (secondary N) is 1. The Kier molecular flexibility index (Phi) is 4.62. The molecule has 0 saturated heterocycles.